The highest BCUT2D eigenvalue weighted by atomic mass is 16.4. The topological polar surface area (TPSA) is 108 Å². The standard InChI is InChI=1S/C10H19N3O4/c1-5(2)7(9(15)16)13-10(17)12-6(3)8(14)11-4/h5-7H,1-4H3,(H,11,14)(H,15,16)(H2,12,13,17)/t6?,7-/m1/s1. The van der Waals surface area contributed by atoms with Gasteiger partial charge < -0.3 is 21.1 Å². The lowest BCUT2D eigenvalue weighted by molar-refractivity contribution is -0.140. The third kappa shape index (κ3) is 5.19. The van der Waals surface area contributed by atoms with Gasteiger partial charge in [-0.1, -0.05) is 13.8 Å². The van der Waals surface area contributed by atoms with E-state index in [-0.39, 0.29) is 11.8 Å². The average Bonchev–Trinajstić information content (AvgIpc) is 2.23. The van der Waals surface area contributed by atoms with Crippen molar-refractivity contribution in [2.24, 2.45) is 5.92 Å². The summed E-state index contributed by atoms with van der Waals surface area (Å²) in [4.78, 5) is 33.4. The summed E-state index contributed by atoms with van der Waals surface area (Å²) in [6.07, 6.45) is 0. The SMILES string of the molecule is CNC(=O)C(C)NC(=O)N[C@@H](C(=O)O)C(C)C. The molecule has 0 aromatic carbocycles. The Morgan fingerprint density at radius 3 is 1.94 bits per heavy atom. The number of carboxylic acids is 1. The Hall–Kier alpha value is -1.79. The molecule has 1 unspecified atom stereocenters. The molecular weight excluding hydrogens is 226 g/mol. The number of likely N-dealkylation sites (N-methyl/N-ethyl adjacent to an activating group) is 1. The molecule has 0 aromatic rings. The minimum atomic E-state index is -1.11. The van der Waals surface area contributed by atoms with Crippen molar-refractivity contribution in [2.45, 2.75) is 32.9 Å². The summed E-state index contributed by atoms with van der Waals surface area (Å²) in [6.45, 7) is 4.87. The van der Waals surface area contributed by atoms with Crippen LogP contribution in [0.5, 0.6) is 0 Å². The van der Waals surface area contributed by atoms with Gasteiger partial charge in [0.2, 0.25) is 5.91 Å². The summed E-state index contributed by atoms with van der Waals surface area (Å²) in [7, 11) is 1.45. The van der Waals surface area contributed by atoms with Gasteiger partial charge in [0.25, 0.3) is 0 Å². The van der Waals surface area contributed by atoms with E-state index in [4.69, 9.17) is 5.11 Å². The van der Waals surface area contributed by atoms with Crippen LogP contribution in [0.4, 0.5) is 4.79 Å². The Kier molecular flexibility index (Phi) is 6.01. The van der Waals surface area contributed by atoms with E-state index in [0.717, 1.165) is 0 Å². The van der Waals surface area contributed by atoms with Crippen molar-refractivity contribution >= 4 is 17.9 Å². The number of urea groups is 1. The normalized spacial score (nSPS) is 13.7. The smallest absolute Gasteiger partial charge is 0.326 e. The molecule has 0 radical (unpaired) electrons. The Labute approximate surface area is 100.0 Å². The highest BCUT2D eigenvalue weighted by Gasteiger charge is 2.24. The Morgan fingerprint density at radius 1 is 1.06 bits per heavy atom. The zero-order valence-electron chi connectivity index (χ0n) is 10.4. The maximum absolute atomic E-state index is 11.4. The first-order valence-electron chi connectivity index (χ1n) is 5.31. The number of nitrogens with one attached hydrogen (secondary N) is 3. The molecule has 0 fully saturated rings. The van der Waals surface area contributed by atoms with Crippen molar-refractivity contribution in [3.05, 3.63) is 0 Å². The first-order chi connectivity index (χ1) is 7.79. The second kappa shape index (κ2) is 6.72. The molecule has 98 valence electrons. The predicted molar refractivity (Wildman–Crippen MR) is 61.5 cm³/mol. The van der Waals surface area contributed by atoms with Gasteiger partial charge in [-0.3, -0.25) is 4.79 Å². The van der Waals surface area contributed by atoms with Gasteiger partial charge in [-0.2, -0.15) is 0 Å². The zero-order valence-corrected chi connectivity index (χ0v) is 10.4. The quantitative estimate of drug-likeness (QED) is 0.525. The number of amides is 3. The van der Waals surface area contributed by atoms with Crippen LogP contribution >= 0.6 is 0 Å². The third-order valence-corrected chi connectivity index (χ3v) is 2.21. The number of carbonyl (C=O) groups excluding carboxylic acids is 2. The van der Waals surface area contributed by atoms with Crippen LogP contribution in [0.3, 0.4) is 0 Å². The molecule has 4 N–H and O–H groups in total. The largest absolute Gasteiger partial charge is 0.480 e. The number of carboxylic acid groups (broad SMARTS) is 1. The van der Waals surface area contributed by atoms with Gasteiger partial charge in [0.1, 0.15) is 12.1 Å². The van der Waals surface area contributed by atoms with E-state index >= 15 is 0 Å². The first kappa shape index (κ1) is 15.2. The van der Waals surface area contributed by atoms with Crippen molar-refractivity contribution < 1.29 is 19.5 Å². The van der Waals surface area contributed by atoms with Gasteiger partial charge in [-0.15, -0.1) is 0 Å². The van der Waals surface area contributed by atoms with Crippen LogP contribution in [-0.4, -0.2) is 42.1 Å². The lowest BCUT2D eigenvalue weighted by Crippen LogP contribution is -2.53. The van der Waals surface area contributed by atoms with Crippen LogP contribution in [0, 0.1) is 5.92 Å². The van der Waals surface area contributed by atoms with Crippen molar-refractivity contribution in [1.82, 2.24) is 16.0 Å². The fourth-order valence-electron chi connectivity index (χ4n) is 1.18. The Balaban J connectivity index is 4.34. The fraction of sp³-hybridized carbons (Fsp3) is 0.700. The van der Waals surface area contributed by atoms with Crippen molar-refractivity contribution in [3.63, 3.8) is 0 Å². The van der Waals surface area contributed by atoms with Crippen LogP contribution in [-0.2, 0) is 9.59 Å². The second-order valence-electron chi connectivity index (χ2n) is 4.01. The van der Waals surface area contributed by atoms with E-state index in [9.17, 15) is 14.4 Å². The molecule has 0 aliphatic rings. The van der Waals surface area contributed by atoms with Crippen molar-refractivity contribution in [2.75, 3.05) is 7.05 Å². The molecule has 7 heteroatoms. The summed E-state index contributed by atoms with van der Waals surface area (Å²) in [5, 5.41) is 15.9. The van der Waals surface area contributed by atoms with Crippen molar-refractivity contribution in [1.29, 1.82) is 0 Å². The molecule has 3 amide bonds. The molecule has 0 saturated heterocycles. The summed E-state index contributed by atoms with van der Waals surface area (Å²) in [5.74, 6) is -1.70. The predicted octanol–water partition coefficient (Wildman–Crippen LogP) is -0.471. The van der Waals surface area contributed by atoms with E-state index in [0.29, 0.717) is 0 Å². The van der Waals surface area contributed by atoms with Gasteiger partial charge in [0.15, 0.2) is 0 Å². The first-order valence-corrected chi connectivity index (χ1v) is 5.31. The molecule has 0 bridgehead atoms. The lowest BCUT2D eigenvalue weighted by Gasteiger charge is -2.20. The molecule has 0 saturated carbocycles. The summed E-state index contributed by atoms with van der Waals surface area (Å²) < 4.78 is 0. The Morgan fingerprint density at radius 2 is 1.59 bits per heavy atom. The van der Waals surface area contributed by atoms with Crippen LogP contribution < -0.4 is 16.0 Å². The van der Waals surface area contributed by atoms with E-state index in [1.807, 2.05) is 0 Å². The second-order valence-corrected chi connectivity index (χ2v) is 4.01. The van der Waals surface area contributed by atoms with Gasteiger partial charge in [-0.25, -0.2) is 9.59 Å². The van der Waals surface area contributed by atoms with E-state index in [1.54, 1.807) is 13.8 Å². The highest BCUT2D eigenvalue weighted by molar-refractivity contribution is 5.88. The van der Waals surface area contributed by atoms with Crippen LogP contribution in [0.25, 0.3) is 0 Å². The maximum atomic E-state index is 11.4. The summed E-state index contributed by atoms with van der Waals surface area (Å²) in [5.41, 5.74) is 0. The zero-order chi connectivity index (χ0) is 13.6. The molecule has 2 atom stereocenters. The minimum absolute atomic E-state index is 0.242. The van der Waals surface area contributed by atoms with Crippen LogP contribution in [0.15, 0.2) is 0 Å². The molecule has 7 nitrogen and oxygen atoms in total. The van der Waals surface area contributed by atoms with Crippen LogP contribution in [0.1, 0.15) is 20.8 Å². The number of hydrogen-bond acceptors (Lipinski definition) is 3. The Bertz CT molecular complexity index is 304. The maximum Gasteiger partial charge on any atom is 0.326 e. The molecular formula is C10H19N3O4. The van der Waals surface area contributed by atoms with Gasteiger partial charge >= 0.3 is 12.0 Å². The number of aliphatic carboxylic acids is 1. The molecule has 0 heterocycles. The molecule has 0 aliphatic heterocycles. The lowest BCUT2D eigenvalue weighted by atomic mass is 10.1. The molecule has 0 aliphatic carbocycles. The number of hydrogen-bond donors (Lipinski definition) is 4. The highest BCUT2D eigenvalue weighted by Crippen LogP contribution is 2.01. The van der Waals surface area contributed by atoms with Gasteiger partial charge in [0.05, 0.1) is 0 Å². The van der Waals surface area contributed by atoms with Gasteiger partial charge in [0, 0.05) is 7.05 Å². The average molecular weight is 245 g/mol. The fourth-order valence-corrected chi connectivity index (χ4v) is 1.18. The summed E-state index contributed by atoms with van der Waals surface area (Å²) >= 11 is 0. The van der Waals surface area contributed by atoms with Gasteiger partial charge in [-0.05, 0) is 12.8 Å². The van der Waals surface area contributed by atoms with Crippen LogP contribution in [0.2, 0.25) is 0 Å². The van der Waals surface area contributed by atoms with E-state index < -0.39 is 24.1 Å². The molecule has 0 aromatic heterocycles. The molecule has 17 heavy (non-hydrogen) atoms. The molecule has 0 spiro atoms. The van der Waals surface area contributed by atoms with E-state index in [1.165, 1.54) is 14.0 Å². The van der Waals surface area contributed by atoms with E-state index in [2.05, 4.69) is 16.0 Å². The third-order valence-electron chi connectivity index (χ3n) is 2.21. The molecule has 0 rings (SSSR count). The monoisotopic (exact) mass is 245 g/mol. The summed E-state index contributed by atoms with van der Waals surface area (Å²) in [6, 6.07) is -2.38. The number of carbonyl (C=O) groups is 3. The minimum Gasteiger partial charge on any atom is -0.480 e. The number of rotatable bonds is 5. The van der Waals surface area contributed by atoms with Crippen molar-refractivity contribution in [3.8, 4) is 0 Å².